The van der Waals surface area contributed by atoms with E-state index in [4.69, 9.17) is 19.2 Å². The topological polar surface area (TPSA) is 103 Å². The maximum atomic E-state index is 14.8. The monoisotopic (exact) mass is 609 g/mol. The summed E-state index contributed by atoms with van der Waals surface area (Å²) in [5.74, 6) is 1.88. The molecule has 0 fully saturated rings. The largest absolute Gasteiger partial charge is 0.496 e. The molecule has 1 aliphatic rings. The molecule has 0 radical (unpaired) electrons. The fourth-order valence-electron chi connectivity index (χ4n) is 6.36. The third kappa shape index (κ3) is 4.98. The van der Waals surface area contributed by atoms with Crippen LogP contribution in [0.4, 0.5) is 0 Å². The van der Waals surface area contributed by atoms with E-state index in [-0.39, 0.29) is 18.0 Å². The van der Waals surface area contributed by atoms with Gasteiger partial charge in [-0.05, 0) is 60.0 Å². The number of carbonyl (C=O) groups excluding carboxylic acids is 2. The molecule has 1 N–H and O–H groups in total. The van der Waals surface area contributed by atoms with Crippen LogP contribution in [0.5, 0.6) is 17.2 Å². The van der Waals surface area contributed by atoms with Gasteiger partial charge in [-0.1, -0.05) is 54.6 Å². The van der Waals surface area contributed by atoms with Gasteiger partial charge in [0, 0.05) is 41.1 Å². The van der Waals surface area contributed by atoms with Gasteiger partial charge in [-0.2, -0.15) is 0 Å². The second kappa shape index (κ2) is 12.0. The average Bonchev–Trinajstić information content (AvgIpc) is 3.61. The van der Waals surface area contributed by atoms with Gasteiger partial charge in [-0.3, -0.25) is 14.6 Å². The minimum absolute atomic E-state index is 0.143. The molecule has 0 saturated heterocycles. The highest BCUT2D eigenvalue weighted by Crippen LogP contribution is 2.46. The summed E-state index contributed by atoms with van der Waals surface area (Å²) in [5, 5.41) is 0. The minimum atomic E-state index is -1.56. The van der Waals surface area contributed by atoms with Gasteiger partial charge < -0.3 is 19.2 Å². The van der Waals surface area contributed by atoms with E-state index < -0.39 is 5.41 Å². The van der Waals surface area contributed by atoms with Gasteiger partial charge in [0.2, 0.25) is 0 Å². The van der Waals surface area contributed by atoms with Crippen molar-refractivity contribution in [2.45, 2.75) is 24.9 Å². The van der Waals surface area contributed by atoms with Crippen molar-refractivity contribution in [3.05, 3.63) is 149 Å². The number of methoxy groups -OCH3 is 2. The lowest BCUT2D eigenvalue weighted by Crippen LogP contribution is -2.41. The van der Waals surface area contributed by atoms with Crippen molar-refractivity contribution in [1.82, 2.24) is 15.0 Å². The molecule has 8 nitrogen and oxygen atoms in total. The lowest BCUT2D eigenvalue weighted by molar-refractivity contribution is 0.0794. The Hall–Kier alpha value is -5.76. The Labute approximate surface area is 266 Å². The summed E-state index contributed by atoms with van der Waals surface area (Å²) in [4.78, 5) is 41.9. The molecule has 1 atom stereocenters. The summed E-state index contributed by atoms with van der Waals surface area (Å²) in [6.07, 6.45) is 3.93. The summed E-state index contributed by atoms with van der Waals surface area (Å²) in [6, 6.07) is 29.9. The number of hydrogen-bond acceptors (Lipinski definition) is 7. The SMILES string of the molecule is COc1ccccc1Cc1nc2c(OC)ccc(C3(Cc4ccncc4)C(=O)c4ccc(OCc5ccccc5)cc4C3=O)c2[nH]1. The second-order valence-electron chi connectivity index (χ2n) is 11.3. The average molecular weight is 610 g/mol. The summed E-state index contributed by atoms with van der Waals surface area (Å²) >= 11 is 0. The highest BCUT2D eigenvalue weighted by Gasteiger charge is 2.55. The van der Waals surface area contributed by atoms with E-state index in [1.54, 1.807) is 50.9 Å². The number of nitrogens with zero attached hydrogens (tertiary/aromatic N) is 2. The van der Waals surface area contributed by atoms with Crippen LogP contribution in [0.15, 0.2) is 109 Å². The number of aromatic nitrogens is 3. The van der Waals surface area contributed by atoms with E-state index in [9.17, 15) is 9.59 Å². The van der Waals surface area contributed by atoms with Crippen LogP contribution in [-0.4, -0.2) is 40.7 Å². The smallest absolute Gasteiger partial charge is 0.182 e. The number of carbonyl (C=O) groups is 2. The van der Waals surface area contributed by atoms with Crippen LogP contribution in [0.2, 0.25) is 0 Å². The molecule has 7 rings (SSSR count). The Kier molecular flexibility index (Phi) is 7.54. The Morgan fingerprint density at radius 1 is 0.739 bits per heavy atom. The first-order chi connectivity index (χ1) is 22.5. The standard InChI is InChI=1S/C38H31N3O5/c1-44-31-11-7-6-10-26(31)20-33-40-34-30(14-15-32(45-2)35(34)41-33)38(22-24-16-18-39-19-17-24)36(42)28-13-12-27(21-29(28)37(38)43)46-23-25-8-4-3-5-9-25/h3-19,21H,20,22-23H2,1-2H3,(H,40,41). The first-order valence-corrected chi connectivity index (χ1v) is 15.0. The minimum Gasteiger partial charge on any atom is -0.496 e. The van der Waals surface area contributed by atoms with E-state index in [1.807, 2.05) is 72.8 Å². The van der Waals surface area contributed by atoms with E-state index in [0.29, 0.717) is 58.1 Å². The molecule has 0 bridgehead atoms. The number of pyridine rings is 1. The van der Waals surface area contributed by atoms with Crippen LogP contribution in [0.3, 0.4) is 0 Å². The number of imidazole rings is 1. The molecular formula is C38H31N3O5. The van der Waals surface area contributed by atoms with Gasteiger partial charge in [0.25, 0.3) is 0 Å². The van der Waals surface area contributed by atoms with E-state index in [0.717, 1.165) is 22.4 Å². The van der Waals surface area contributed by atoms with Crippen molar-refractivity contribution in [3.8, 4) is 17.2 Å². The maximum Gasteiger partial charge on any atom is 0.182 e. The quantitative estimate of drug-likeness (QED) is 0.172. The second-order valence-corrected chi connectivity index (χ2v) is 11.3. The fraction of sp³-hybridized carbons (Fsp3) is 0.158. The third-order valence-electron chi connectivity index (χ3n) is 8.61. The van der Waals surface area contributed by atoms with Gasteiger partial charge >= 0.3 is 0 Å². The van der Waals surface area contributed by atoms with Crippen LogP contribution in [-0.2, 0) is 24.9 Å². The number of hydrogen-bond donors (Lipinski definition) is 1. The molecule has 2 heterocycles. The van der Waals surface area contributed by atoms with E-state index in [2.05, 4.69) is 9.97 Å². The lowest BCUT2D eigenvalue weighted by atomic mass is 9.71. The van der Waals surface area contributed by atoms with E-state index in [1.165, 1.54) is 0 Å². The zero-order chi connectivity index (χ0) is 31.7. The van der Waals surface area contributed by atoms with Crippen LogP contribution in [0.1, 0.15) is 48.8 Å². The summed E-state index contributed by atoms with van der Waals surface area (Å²) in [5.41, 5.74) is 3.56. The summed E-state index contributed by atoms with van der Waals surface area (Å²) in [6.45, 7) is 0.339. The molecule has 0 spiro atoms. The molecule has 1 unspecified atom stereocenters. The number of ether oxygens (including phenoxy) is 3. The maximum absolute atomic E-state index is 14.8. The number of ketones is 2. The normalized spacial score (nSPS) is 15.6. The van der Waals surface area contributed by atoms with Gasteiger partial charge in [0.1, 0.15) is 40.6 Å². The predicted octanol–water partition coefficient (Wildman–Crippen LogP) is 6.70. The van der Waals surface area contributed by atoms with Crippen LogP contribution in [0.25, 0.3) is 11.0 Å². The van der Waals surface area contributed by atoms with Gasteiger partial charge in [-0.25, -0.2) is 4.98 Å². The first kappa shape index (κ1) is 29.0. The molecule has 0 aliphatic heterocycles. The highest BCUT2D eigenvalue weighted by atomic mass is 16.5. The predicted molar refractivity (Wildman–Crippen MR) is 174 cm³/mol. The van der Waals surface area contributed by atoms with Crippen molar-refractivity contribution in [2.24, 2.45) is 0 Å². The van der Waals surface area contributed by atoms with Crippen LogP contribution >= 0.6 is 0 Å². The van der Waals surface area contributed by atoms with Crippen LogP contribution < -0.4 is 14.2 Å². The molecule has 0 amide bonds. The number of aromatic amines is 1. The van der Waals surface area contributed by atoms with Gasteiger partial charge in [0.15, 0.2) is 11.6 Å². The molecule has 8 heteroatoms. The number of Topliss-reactive ketones (excluding diaryl/α,β-unsaturated/α-hetero) is 2. The van der Waals surface area contributed by atoms with Crippen molar-refractivity contribution < 1.29 is 23.8 Å². The van der Waals surface area contributed by atoms with E-state index >= 15 is 0 Å². The Bertz CT molecular complexity index is 2070. The number of rotatable bonds is 10. The highest BCUT2D eigenvalue weighted by molar-refractivity contribution is 6.34. The number of fused-ring (bicyclic) bond motifs is 2. The Balaban J connectivity index is 1.35. The van der Waals surface area contributed by atoms with Crippen molar-refractivity contribution in [1.29, 1.82) is 0 Å². The van der Waals surface area contributed by atoms with Crippen LogP contribution in [0, 0.1) is 0 Å². The first-order valence-electron chi connectivity index (χ1n) is 15.0. The molecular weight excluding hydrogens is 578 g/mol. The Morgan fingerprint density at radius 3 is 2.26 bits per heavy atom. The zero-order valence-electron chi connectivity index (χ0n) is 25.4. The number of para-hydroxylation sites is 1. The fourth-order valence-corrected chi connectivity index (χ4v) is 6.36. The summed E-state index contributed by atoms with van der Waals surface area (Å²) in [7, 11) is 3.21. The number of nitrogens with one attached hydrogen (secondary N) is 1. The van der Waals surface area contributed by atoms with Gasteiger partial charge in [0.05, 0.1) is 19.7 Å². The summed E-state index contributed by atoms with van der Waals surface area (Å²) < 4.78 is 17.3. The molecule has 1 aliphatic carbocycles. The zero-order valence-corrected chi connectivity index (χ0v) is 25.4. The van der Waals surface area contributed by atoms with Crippen molar-refractivity contribution >= 4 is 22.6 Å². The third-order valence-corrected chi connectivity index (χ3v) is 8.61. The molecule has 46 heavy (non-hydrogen) atoms. The lowest BCUT2D eigenvalue weighted by Gasteiger charge is -2.27. The molecule has 4 aromatic carbocycles. The van der Waals surface area contributed by atoms with Crippen molar-refractivity contribution in [3.63, 3.8) is 0 Å². The molecule has 6 aromatic rings. The Morgan fingerprint density at radius 2 is 1.48 bits per heavy atom. The molecule has 228 valence electrons. The molecule has 2 aromatic heterocycles. The van der Waals surface area contributed by atoms with Crippen molar-refractivity contribution in [2.75, 3.05) is 14.2 Å². The number of H-pyrrole nitrogens is 1. The number of benzene rings is 4. The molecule has 0 saturated carbocycles. The van der Waals surface area contributed by atoms with Gasteiger partial charge in [-0.15, -0.1) is 0 Å².